The Bertz CT molecular complexity index is 1010. The van der Waals surface area contributed by atoms with E-state index < -0.39 is 5.91 Å². The van der Waals surface area contributed by atoms with Crippen molar-refractivity contribution in [1.29, 1.82) is 0 Å². The number of hydrogen-bond donors (Lipinski definition) is 1. The van der Waals surface area contributed by atoms with Crippen molar-refractivity contribution in [3.05, 3.63) is 63.6 Å². The molecule has 0 fully saturated rings. The number of nitrogens with two attached hydrogens (primary N) is 1. The minimum atomic E-state index is -0.429. The Kier molecular flexibility index (Phi) is 7.70. The zero-order valence-electron chi connectivity index (χ0n) is 17.1. The van der Waals surface area contributed by atoms with Crippen molar-refractivity contribution >= 4 is 35.0 Å². The molecule has 0 saturated heterocycles. The van der Waals surface area contributed by atoms with Gasteiger partial charge in [0.15, 0.2) is 0 Å². The van der Waals surface area contributed by atoms with Gasteiger partial charge in [-0.3, -0.25) is 9.59 Å². The molecular formula is C22H25N3O3S2. The Morgan fingerprint density at radius 2 is 2.00 bits per heavy atom. The summed E-state index contributed by atoms with van der Waals surface area (Å²) >= 11 is 3.12. The lowest BCUT2D eigenvalue weighted by atomic mass is 10.1. The summed E-state index contributed by atoms with van der Waals surface area (Å²) in [5.74, 6) is 0.494. The van der Waals surface area contributed by atoms with E-state index in [-0.39, 0.29) is 5.97 Å². The van der Waals surface area contributed by atoms with Crippen LogP contribution in [0.4, 0.5) is 0 Å². The van der Waals surface area contributed by atoms with Crippen LogP contribution in [0.5, 0.6) is 0 Å². The van der Waals surface area contributed by atoms with E-state index in [1.165, 1.54) is 24.4 Å². The van der Waals surface area contributed by atoms with Crippen LogP contribution in [0.1, 0.15) is 26.6 Å². The van der Waals surface area contributed by atoms with Crippen molar-refractivity contribution < 1.29 is 14.3 Å². The van der Waals surface area contributed by atoms with Crippen molar-refractivity contribution in [3.8, 4) is 11.4 Å². The molecule has 2 aromatic heterocycles. The molecule has 8 heteroatoms. The molecule has 0 bridgehead atoms. The summed E-state index contributed by atoms with van der Waals surface area (Å²) in [6, 6.07) is 12.1. The molecule has 158 valence electrons. The van der Waals surface area contributed by atoms with Gasteiger partial charge in [-0.2, -0.15) is 0 Å². The van der Waals surface area contributed by atoms with Crippen LogP contribution in [0, 0.1) is 6.92 Å². The highest BCUT2D eigenvalue weighted by atomic mass is 32.2. The van der Waals surface area contributed by atoms with Gasteiger partial charge in [-0.15, -0.1) is 23.1 Å². The Hall–Kier alpha value is -2.58. The summed E-state index contributed by atoms with van der Waals surface area (Å²) in [5.41, 5.74) is 9.96. The fraction of sp³-hybridized carbons (Fsp3) is 0.318. The number of esters is 1. The third-order valence-electron chi connectivity index (χ3n) is 4.82. The Balaban J connectivity index is 1.76. The monoisotopic (exact) mass is 443 g/mol. The molecular weight excluding hydrogens is 418 g/mol. The molecule has 2 heterocycles. The summed E-state index contributed by atoms with van der Waals surface area (Å²) < 4.78 is 6.77. The van der Waals surface area contributed by atoms with Gasteiger partial charge < -0.3 is 15.0 Å². The highest BCUT2D eigenvalue weighted by molar-refractivity contribution is 7.99. The van der Waals surface area contributed by atoms with E-state index in [9.17, 15) is 9.59 Å². The molecule has 3 rings (SSSR count). The van der Waals surface area contributed by atoms with Gasteiger partial charge in [-0.05, 0) is 25.0 Å². The number of aryl methyl sites for hydroxylation is 2. The first-order valence-electron chi connectivity index (χ1n) is 9.62. The fourth-order valence-corrected chi connectivity index (χ4v) is 4.89. The maximum Gasteiger partial charge on any atom is 0.315 e. The predicted octanol–water partition coefficient (Wildman–Crippen LogP) is 3.71. The van der Waals surface area contributed by atoms with Gasteiger partial charge in [-0.1, -0.05) is 30.3 Å². The van der Waals surface area contributed by atoms with E-state index in [0.29, 0.717) is 11.3 Å². The number of methoxy groups -OCH3 is 1. The van der Waals surface area contributed by atoms with Crippen molar-refractivity contribution in [2.75, 3.05) is 18.6 Å². The molecule has 2 N–H and O–H groups in total. The van der Waals surface area contributed by atoms with Gasteiger partial charge in [0, 0.05) is 29.8 Å². The van der Waals surface area contributed by atoms with Crippen LogP contribution in [0.2, 0.25) is 0 Å². The topological polar surface area (TPSA) is 87.2 Å². The molecule has 0 atom stereocenters. The summed E-state index contributed by atoms with van der Waals surface area (Å²) in [7, 11) is 1.39. The number of aromatic nitrogens is 2. The number of thiazole rings is 1. The number of carbonyl (C=O) groups is 2. The van der Waals surface area contributed by atoms with Crippen LogP contribution in [0.25, 0.3) is 11.4 Å². The minimum Gasteiger partial charge on any atom is -0.468 e. The average molecular weight is 444 g/mol. The Morgan fingerprint density at radius 1 is 1.23 bits per heavy atom. The molecule has 0 spiro atoms. The number of benzene rings is 1. The van der Waals surface area contributed by atoms with E-state index >= 15 is 0 Å². The van der Waals surface area contributed by atoms with Crippen LogP contribution < -0.4 is 5.73 Å². The normalized spacial score (nSPS) is 10.9. The third kappa shape index (κ3) is 5.52. The summed E-state index contributed by atoms with van der Waals surface area (Å²) in [6.45, 7) is 2.66. The van der Waals surface area contributed by atoms with E-state index in [1.807, 2.05) is 36.6 Å². The molecule has 1 aromatic carbocycles. The highest BCUT2D eigenvalue weighted by Crippen LogP contribution is 2.28. The van der Waals surface area contributed by atoms with Gasteiger partial charge in [0.2, 0.25) is 0 Å². The number of primary amides is 1. The lowest BCUT2D eigenvalue weighted by Gasteiger charge is -2.11. The fourth-order valence-electron chi connectivity index (χ4n) is 3.20. The lowest BCUT2D eigenvalue weighted by Crippen LogP contribution is -2.13. The smallest absolute Gasteiger partial charge is 0.315 e. The molecule has 0 aliphatic heterocycles. The number of nitrogens with zero attached hydrogens (tertiary/aromatic N) is 2. The van der Waals surface area contributed by atoms with Gasteiger partial charge in [0.1, 0.15) is 0 Å². The Morgan fingerprint density at radius 3 is 2.70 bits per heavy atom. The zero-order chi connectivity index (χ0) is 21.5. The molecule has 0 radical (unpaired) electrons. The largest absolute Gasteiger partial charge is 0.468 e. The number of ether oxygens (including phenoxy) is 1. The summed E-state index contributed by atoms with van der Waals surface area (Å²) in [6.07, 6.45) is 1.63. The van der Waals surface area contributed by atoms with Crippen molar-refractivity contribution in [1.82, 2.24) is 9.55 Å². The molecule has 6 nitrogen and oxygen atoms in total. The number of hydrogen-bond acceptors (Lipinski definition) is 6. The second-order valence-electron chi connectivity index (χ2n) is 6.79. The van der Waals surface area contributed by atoms with Crippen LogP contribution >= 0.6 is 23.1 Å². The minimum absolute atomic E-state index is 0.217. The zero-order valence-corrected chi connectivity index (χ0v) is 18.7. The van der Waals surface area contributed by atoms with Crippen LogP contribution in [0.15, 0.2) is 41.8 Å². The predicted molar refractivity (Wildman–Crippen MR) is 122 cm³/mol. The van der Waals surface area contributed by atoms with Crippen molar-refractivity contribution in [2.45, 2.75) is 26.3 Å². The van der Waals surface area contributed by atoms with Gasteiger partial charge in [0.05, 0.1) is 34.8 Å². The molecule has 0 aliphatic rings. The SMILES string of the molecule is COC(=O)CSCCc1nc(-c2cc(C(N)=O)c(C)n2CCc2ccccc2)cs1. The van der Waals surface area contributed by atoms with Crippen molar-refractivity contribution in [3.63, 3.8) is 0 Å². The molecule has 30 heavy (non-hydrogen) atoms. The number of amides is 1. The third-order valence-corrected chi connectivity index (χ3v) is 6.66. The number of thioether (sulfide) groups is 1. The van der Waals surface area contributed by atoms with E-state index in [2.05, 4.69) is 21.4 Å². The van der Waals surface area contributed by atoms with Gasteiger partial charge in [0.25, 0.3) is 5.91 Å². The van der Waals surface area contributed by atoms with Crippen LogP contribution in [-0.2, 0) is 28.9 Å². The summed E-state index contributed by atoms with van der Waals surface area (Å²) in [5, 5.41) is 3.01. The maximum absolute atomic E-state index is 11.9. The second-order valence-corrected chi connectivity index (χ2v) is 8.83. The van der Waals surface area contributed by atoms with E-state index in [4.69, 9.17) is 10.7 Å². The van der Waals surface area contributed by atoms with E-state index in [1.54, 1.807) is 11.3 Å². The molecule has 0 saturated carbocycles. The summed E-state index contributed by atoms with van der Waals surface area (Å²) in [4.78, 5) is 27.9. The molecule has 1 amide bonds. The molecule has 3 aromatic rings. The van der Waals surface area contributed by atoms with Gasteiger partial charge in [-0.25, -0.2) is 4.98 Å². The quantitative estimate of drug-likeness (QED) is 0.381. The van der Waals surface area contributed by atoms with E-state index in [0.717, 1.165) is 47.2 Å². The molecule has 0 unspecified atom stereocenters. The Labute approximate surface area is 184 Å². The first kappa shape index (κ1) is 22.1. The van der Waals surface area contributed by atoms with Gasteiger partial charge >= 0.3 is 5.97 Å². The standard InChI is InChI=1S/C22H25N3O3S2/c1-15-17(22(23)27)12-19(25(15)10-8-16-6-4-3-5-7-16)18-13-30-20(24-18)9-11-29-14-21(26)28-2/h3-7,12-13H,8-11,14H2,1-2H3,(H2,23,27). The molecule has 0 aliphatic carbocycles. The maximum atomic E-state index is 11.9. The first-order chi connectivity index (χ1) is 14.5. The lowest BCUT2D eigenvalue weighted by molar-refractivity contribution is -0.137. The number of carbonyl (C=O) groups excluding carboxylic acids is 2. The number of rotatable bonds is 10. The average Bonchev–Trinajstić information content (AvgIpc) is 3.34. The van der Waals surface area contributed by atoms with Crippen molar-refractivity contribution in [2.24, 2.45) is 5.73 Å². The van der Waals surface area contributed by atoms with Crippen LogP contribution in [0.3, 0.4) is 0 Å². The highest BCUT2D eigenvalue weighted by Gasteiger charge is 2.18. The first-order valence-corrected chi connectivity index (χ1v) is 11.7. The van der Waals surface area contributed by atoms with Crippen LogP contribution in [-0.4, -0.2) is 40.0 Å². The second kappa shape index (κ2) is 10.4.